The molecule has 0 bridgehead atoms. The Balaban J connectivity index is 1.96. The number of quaternary nitrogens is 1. The minimum absolute atomic E-state index is 0.0992. The third-order valence-corrected chi connectivity index (χ3v) is 4.94. The van der Waals surface area contributed by atoms with Gasteiger partial charge in [-0.1, -0.05) is 42.5 Å². The first-order valence-corrected chi connectivity index (χ1v) is 8.62. The van der Waals surface area contributed by atoms with Gasteiger partial charge in [0.05, 0.1) is 12.2 Å². The normalized spacial score (nSPS) is 16.4. The third-order valence-electron chi connectivity index (χ3n) is 4.65. The average Bonchev–Trinajstić information content (AvgIpc) is 2.62. The van der Waals surface area contributed by atoms with E-state index in [0.717, 1.165) is 18.5 Å². The van der Waals surface area contributed by atoms with Gasteiger partial charge in [0.25, 0.3) is 5.56 Å². The molecule has 2 heterocycles. The molecule has 0 amide bonds. The van der Waals surface area contributed by atoms with E-state index < -0.39 is 0 Å². The summed E-state index contributed by atoms with van der Waals surface area (Å²) in [5.74, 6) is -0.0992. The second-order valence-electron chi connectivity index (χ2n) is 6.12. The molecule has 1 aromatic heterocycles. The molecule has 1 aliphatic rings. The van der Waals surface area contributed by atoms with Crippen molar-refractivity contribution in [3.63, 3.8) is 0 Å². The van der Waals surface area contributed by atoms with Crippen molar-refractivity contribution >= 4 is 12.2 Å². The summed E-state index contributed by atoms with van der Waals surface area (Å²) < 4.78 is 1.69. The van der Waals surface area contributed by atoms with Crippen LogP contribution in [0.1, 0.15) is 22.7 Å². The first-order valence-electron chi connectivity index (χ1n) is 8.21. The molecule has 0 radical (unpaired) electrons. The Hall–Kier alpha value is -2.70. The van der Waals surface area contributed by atoms with Gasteiger partial charge in [-0.3, -0.25) is 14.3 Å². The molecule has 1 aliphatic heterocycles. The van der Waals surface area contributed by atoms with E-state index in [1.54, 1.807) is 0 Å². The molecule has 5 nitrogen and oxygen atoms in total. The number of para-hydroxylation sites is 1. The van der Waals surface area contributed by atoms with Crippen molar-refractivity contribution < 1.29 is 10.4 Å². The largest absolute Gasteiger partial charge is 0.494 e. The first kappa shape index (κ1) is 15.8. The van der Waals surface area contributed by atoms with Gasteiger partial charge in [0.1, 0.15) is 11.6 Å². The quantitative estimate of drug-likeness (QED) is 0.616. The molecular weight excluding hydrogens is 334 g/mol. The third kappa shape index (κ3) is 2.69. The van der Waals surface area contributed by atoms with Crippen molar-refractivity contribution in [2.75, 3.05) is 6.54 Å². The Morgan fingerprint density at radius 2 is 1.84 bits per heavy atom. The topological polar surface area (TPSA) is 74.6 Å². The van der Waals surface area contributed by atoms with Gasteiger partial charge >= 0.3 is 0 Å². The summed E-state index contributed by atoms with van der Waals surface area (Å²) in [6, 6.07) is 17.1. The Morgan fingerprint density at radius 3 is 2.64 bits per heavy atom. The zero-order valence-corrected chi connectivity index (χ0v) is 14.3. The molecule has 25 heavy (non-hydrogen) atoms. The molecular formula is C19H18N3O2S+. The van der Waals surface area contributed by atoms with Gasteiger partial charge in [0, 0.05) is 12.0 Å². The van der Waals surface area contributed by atoms with E-state index in [1.807, 2.05) is 48.5 Å². The number of rotatable bonds is 2. The molecule has 3 aromatic rings. The number of aromatic hydroxyl groups is 1. The van der Waals surface area contributed by atoms with Crippen LogP contribution in [0.2, 0.25) is 0 Å². The monoisotopic (exact) mass is 352 g/mol. The van der Waals surface area contributed by atoms with Gasteiger partial charge in [-0.15, -0.1) is 0 Å². The number of nitrogens with one attached hydrogen (secondary N) is 1. The zero-order chi connectivity index (χ0) is 17.4. The maximum atomic E-state index is 12.6. The fourth-order valence-corrected chi connectivity index (χ4v) is 3.79. The number of H-pyrrole nitrogens is 1. The fraction of sp³-hybridized carbons (Fsp3) is 0.158. The lowest BCUT2D eigenvalue weighted by atomic mass is 9.90. The number of nitrogens with zero attached hydrogens (tertiary/aromatic N) is 1. The molecule has 4 N–H and O–H groups in total. The van der Waals surface area contributed by atoms with Crippen LogP contribution in [0.15, 0.2) is 59.4 Å². The molecule has 0 aliphatic carbocycles. The van der Waals surface area contributed by atoms with Gasteiger partial charge in [0.2, 0.25) is 5.88 Å². The number of aromatic nitrogens is 2. The second kappa shape index (κ2) is 6.31. The van der Waals surface area contributed by atoms with E-state index in [4.69, 9.17) is 12.2 Å². The van der Waals surface area contributed by atoms with Crippen LogP contribution >= 0.6 is 12.2 Å². The highest BCUT2D eigenvalue weighted by molar-refractivity contribution is 7.71. The summed E-state index contributed by atoms with van der Waals surface area (Å²) in [5.41, 5.74) is 2.98. The van der Waals surface area contributed by atoms with E-state index in [9.17, 15) is 9.90 Å². The highest BCUT2D eigenvalue weighted by Crippen LogP contribution is 2.29. The number of fused-ring (bicyclic) bond motifs is 1. The molecule has 126 valence electrons. The summed E-state index contributed by atoms with van der Waals surface area (Å²) >= 11 is 5.29. The van der Waals surface area contributed by atoms with E-state index in [0.29, 0.717) is 11.3 Å². The predicted octanol–water partition coefficient (Wildman–Crippen LogP) is 1.81. The molecule has 0 unspecified atom stereocenters. The number of nitrogens with two attached hydrogens (primary N) is 1. The lowest BCUT2D eigenvalue weighted by Gasteiger charge is -2.24. The molecule has 0 saturated carbocycles. The highest BCUT2D eigenvalue weighted by Gasteiger charge is 2.31. The summed E-state index contributed by atoms with van der Waals surface area (Å²) in [7, 11) is 0. The molecule has 1 atom stereocenters. The van der Waals surface area contributed by atoms with Crippen molar-refractivity contribution in [1.29, 1.82) is 0 Å². The predicted molar refractivity (Wildman–Crippen MR) is 97.7 cm³/mol. The molecule has 2 aromatic carbocycles. The summed E-state index contributed by atoms with van der Waals surface area (Å²) in [6.45, 7) is 0.863. The average molecular weight is 352 g/mol. The molecule has 0 spiro atoms. The number of aromatic amines is 1. The number of benzene rings is 2. The maximum absolute atomic E-state index is 12.6. The standard InChI is InChI=1S/C19H17N3O2S/c23-17-15(16-14-9-5-4-6-12(14)10-11-20-16)18(24)22(19(25)21-17)13-7-2-1-3-8-13/h1-9,16,20,24H,10-11H2,(H,21,23,25)/p+1/t16-/m1/s1. The number of hydrogen-bond acceptors (Lipinski definition) is 3. The summed E-state index contributed by atoms with van der Waals surface area (Å²) in [5, 5.41) is 13.0. The molecule has 4 rings (SSSR count). The zero-order valence-electron chi connectivity index (χ0n) is 13.5. The van der Waals surface area contributed by atoms with Crippen molar-refractivity contribution in [2.24, 2.45) is 0 Å². The van der Waals surface area contributed by atoms with Crippen LogP contribution in [0.4, 0.5) is 0 Å². The minimum Gasteiger partial charge on any atom is -0.494 e. The summed E-state index contributed by atoms with van der Waals surface area (Å²) in [4.78, 5) is 15.4. The van der Waals surface area contributed by atoms with Crippen LogP contribution in [-0.4, -0.2) is 21.2 Å². The fourth-order valence-electron chi connectivity index (χ4n) is 3.51. The molecule has 0 fully saturated rings. The Kier molecular flexibility index (Phi) is 3.99. The lowest BCUT2D eigenvalue weighted by molar-refractivity contribution is -0.690. The minimum atomic E-state index is -0.340. The summed E-state index contributed by atoms with van der Waals surface area (Å²) in [6.07, 6.45) is 0.948. The Bertz CT molecular complexity index is 1040. The Labute approximate surface area is 149 Å². The SMILES string of the molecule is O=c1[nH]c(=S)n(-c2ccccc2)c(O)c1[C@@H]1[NH2+]CCc2ccccc21. The van der Waals surface area contributed by atoms with Crippen molar-refractivity contribution in [1.82, 2.24) is 9.55 Å². The van der Waals surface area contributed by atoms with Crippen LogP contribution in [-0.2, 0) is 6.42 Å². The van der Waals surface area contributed by atoms with Crippen LogP contribution < -0.4 is 10.9 Å². The van der Waals surface area contributed by atoms with Crippen LogP contribution in [0.3, 0.4) is 0 Å². The van der Waals surface area contributed by atoms with E-state index in [2.05, 4.69) is 16.4 Å². The van der Waals surface area contributed by atoms with Gasteiger partial charge in [-0.25, -0.2) is 0 Å². The van der Waals surface area contributed by atoms with Gasteiger partial charge in [-0.2, -0.15) is 0 Å². The second-order valence-corrected chi connectivity index (χ2v) is 6.51. The van der Waals surface area contributed by atoms with Crippen molar-refractivity contribution in [3.8, 4) is 11.6 Å². The van der Waals surface area contributed by atoms with Crippen LogP contribution in [0, 0.1) is 4.77 Å². The van der Waals surface area contributed by atoms with Crippen LogP contribution in [0.5, 0.6) is 5.88 Å². The van der Waals surface area contributed by atoms with E-state index >= 15 is 0 Å². The Morgan fingerprint density at radius 1 is 1.12 bits per heavy atom. The maximum Gasteiger partial charge on any atom is 0.265 e. The van der Waals surface area contributed by atoms with Crippen molar-refractivity contribution in [2.45, 2.75) is 12.5 Å². The number of hydrogen-bond donors (Lipinski definition) is 3. The molecule has 6 heteroatoms. The highest BCUT2D eigenvalue weighted by atomic mass is 32.1. The van der Waals surface area contributed by atoms with Crippen LogP contribution in [0.25, 0.3) is 5.69 Å². The van der Waals surface area contributed by atoms with Crippen molar-refractivity contribution in [3.05, 3.63) is 86.4 Å². The first-order chi connectivity index (χ1) is 12.2. The smallest absolute Gasteiger partial charge is 0.265 e. The van der Waals surface area contributed by atoms with E-state index in [-0.39, 0.29) is 22.3 Å². The van der Waals surface area contributed by atoms with Gasteiger partial charge < -0.3 is 10.4 Å². The molecule has 0 saturated heterocycles. The lowest BCUT2D eigenvalue weighted by Crippen LogP contribution is -2.87. The van der Waals surface area contributed by atoms with E-state index in [1.165, 1.54) is 10.1 Å². The van der Waals surface area contributed by atoms with Gasteiger partial charge in [-0.05, 0) is 29.9 Å². The van der Waals surface area contributed by atoms with Gasteiger partial charge in [0.15, 0.2) is 4.77 Å².